The summed E-state index contributed by atoms with van der Waals surface area (Å²) in [5.41, 5.74) is 0.990. The van der Waals surface area contributed by atoms with E-state index in [1.165, 1.54) is 0 Å². The van der Waals surface area contributed by atoms with Crippen LogP contribution in [0, 0.1) is 0 Å². The first-order valence-corrected chi connectivity index (χ1v) is 8.46. The normalized spacial score (nSPS) is 20.4. The van der Waals surface area contributed by atoms with Crippen LogP contribution in [0.15, 0.2) is 30.3 Å². The maximum absolute atomic E-state index is 12.3. The van der Waals surface area contributed by atoms with Gasteiger partial charge in [-0.25, -0.2) is 9.78 Å². The monoisotopic (exact) mass is 342 g/mol. The van der Waals surface area contributed by atoms with Crippen molar-refractivity contribution in [3.8, 4) is 11.4 Å². The van der Waals surface area contributed by atoms with Crippen LogP contribution in [0.3, 0.4) is 0 Å². The van der Waals surface area contributed by atoms with Gasteiger partial charge in [-0.1, -0.05) is 30.3 Å². The van der Waals surface area contributed by atoms with E-state index in [0.717, 1.165) is 5.56 Å². The Bertz CT molecular complexity index is 728. The minimum atomic E-state index is -0.510. The Hall–Kier alpha value is -2.54. The molecule has 0 saturated carbocycles. The molecule has 0 bridgehead atoms. The lowest BCUT2D eigenvalue weighted by Gasteiger charge is -2.36. The Balaban J connectivity index is 2.03. The van der Waals surface area contributed by atoms with Gasteiger partial charge in [0.1, 0.15) is 0 Å². The molecule has 1 aromatic heterocycles. The molecule has 0 aliphatic carbocycles. The number of carbonyl (C=O) groups is 1. The molecule has 1 saturated heterocycles. The van der Waals surface area contributed by atoms with Gasteiger partial charge in [-0.05, 0) is 20.8 Å². The summed E-state index contributed by atoms with van der Waals surface area (Å²) in [5, 5.41) is 8.26. The lowest BCUT2D eigenvalue weighted by Crippen LogP contribution is -2.46. The number of hydrogen-bond acceptors (Lipinski definition) is 7. The summed E-state index contributed by atoms with van der Waals surface area (Å²) in [6.07, 6.45) is 0.0721. The molecule has 1 aliphatic heterocycles. The molecule has 1 aromatic carbocycles. The van der Waals surface area contributed by atoms with Gasteiger partial charge < -0.3 is 14.4 Å². The van der Waals surface area contributed by atoms with Gasteiger partial charge in [0.15, 0.2) is 11.6 Å². The summed E-state index contributed by atoms with van der Waals surface area (Å²) in [5.74, 6) is 0.466. The molecule has 0 spiro atoms. The number of aromatic nitrogens is 3. The van der Waals surface area contributed by atoms with Crippen LogP contribution in [-0.4, -0.2) is 53.1 Å². The summed E-state index contributed by atoms with van der Waals surface area (Å²) in [4.78, 5) is 19.0. The fraction of sp³-hybridized carbons (Fsp3) is 0.444. The second kappa shape index (κ2) is 7.57. The smallest absolute Gasteiger partial charge is 0.362 e. The van der Waals surface area contributed by atoms with Crippen LogP contribution in [0.5, 0.6) is 0 Å². The number of morpholine rings is 1. The summed E-state index contributed by atoms with van der Waals surface area (Å²) < 4.78 is 10.9. The van der Waals surface area contributed by atoms with Crippen molar-refractivity contribution in [3.05, 3.63) is 36.0 Å². The average Bonchev–Trinajstić information content (AvgIpc) is 2.61. The highest BCUT2D eigenvalue weighted by molar-refractivity contribution is 5.92. The third-order valence-electron chi connectivity index (χ3n) is 3.89. The Morgan fingerprint density at radius 2 is 1.88 bits per heavy atom. The van der Waals surface area contributed by atoms with Crippen LogP contribution in [0.25, 0.3) is 11.4 Å². The fourth-order valence-electron chi connectivity index (χ4n) is 2.93. The summed E-state index contributed by atoms with van der Waals surface area (Å²) >= 11 is 0. The van der Waals surface area contributed by atoms with E-state index in [4.69, 9.17) is 9.47 Å². The van der Waals surface area contributed by atoms with Crippen molar-refractivity contribution >= 4 is 11.8 Å². The SMILES string of the molecule is CCOC(=O)c1nnc(-c2ccccc2)nc1N1C[C@@H](C)O[C@H](C)C1. The molecule has 0 radical (unpaired) electrons. The minimum absolute atomic E-state index is 0.0361. The first kappa shape index (κ1) is 17.3. The Labute approximate surface area is 147 Å². The van der Waals surface area contributed by atoms with E-state index in [1.54, 1.807) is 6.92 Å². The lowest BCUT2D eigenvalue weighted by atomic mass is 10.2. The molecule has 2 heterocycles. The van der Waals surface area contributed by atoms with Crippen molar-refractivity contribution in [2.45, 2.75) is 33.0 Å². The highest BCUT2D eigenvalue weighted by Gasteiger charge is 2.29. The standard InChI is InChI=1S/C18H22N4O3/c1-4-24-18(23)15-17(22-10-12(2)25-13(3)11-22)19-16(21-20-15)14-8-6-5-7-9-14/h5-9,12-13H,4,10-11H2,1-3H3/t12-,13-/m1/s1. The molecule has 1 fully saturated rings. The van der Waals surface area contributed by atoms with E-state index in [0.29, 0.717) is 24.7 Å². The molecule has 2 aromatic rings. The summed E-state index contributed by atoms with van der Waals surface area (Å²) in [6.45, 7) is 7.29. The number of esters is 1. The van der Waals surface area contributed by atoms with Crippen molar-refractivity contribution in [2.24, 2.45) is 0 Å². The van der Waals surface area contributed by atoms with Gasteiger partial charge in [0.05, 0.1) is 18.8 Å². The van der Waals surface area contributed by atoms with E-state index < -0.39 is 5.97 Å². The van der Waals surface area contributed by atoms with Crippen LogP contribution >= 0.6 is 0 Å². The molecule has 0 amide bonds. The first-order valence-electron chi connectivity index (χ1n) is 8.46. The van der Waals surface area contributed by atoms with Crippen LogP contribution in [0.1, 0.15) is 31.3 Å². The lowest BCUT2D eigenvalue weighted by molar-refractivity contribution is -0.00564. The van der Waals surface area contributed by atoms with Gasteiger partial charge in [0.2, 0.25) is 5.69 Å². The third kappa shape index (κ3) is 3.93. The minimum Gasteiger partial charge on any atom is -0.461 e. The second-order valence-corrected chi connectivity index (χ2v) is 6.06. The maximum Gasteiger partial charge on any atom is 0.362 e. The number of nitrogens with zero attached hydrogens (tertiary/aromatic N) is 4. The average molecular weight is 342 g/mol. The van der Waals surface area contributed by atoms with Crippen LogP contribution in [-0.2, 0) is 9.47 Å². The number of anilines is 1. The van der Waals surface area contributed by atoms with Gasteiger partial charge in [-0.2, -0.15) is 0 Å². The maximum atomic E-state index is 12.3. The van der Waals surface area contributed by atoms with Crippen molar-refractivity contribution in [2.75, 3.05) is 24.6 Å². The van der Waals surface area contributed by atoms with E-state index in [-0.39, 0.29) is 24.5 Å². The van der Waals surface area contributed by atoms with Crippen molar-refractivity contribution in [3.63, 3.8) is 0 Å². The zero-order valence-electron chi connectivity index (χ0n) is 14.7. The number of ether oxygens (including phenoxy) is 2. The number of rotatable bonds is 4. The molecular weight excluding hydrogens is 320 g/mol. The van der Waals surface area contributed by atoms with Crippen LogP contribution in [0.4, 0.5) is 5.82 Å². The first-order chi connectivity index (χ1) is 12.1. The quantitative estimate of drug-likeness (QED) is 0.789. The van der Waals surface area contributed by atoms with Crippen molar-refractivity contribution < 1.29 is 14.3 Å². The predicted molar refractivity (Wildman–Crippen MR) is 93.4 cm³/mol. The van der Waals surface area contributed by atoms with E-state index in [1.807, 2.05) is 49.1 Å². The van der Waals surface area contributed by atoms with Crippen LogP contribution in [0.2, 0.25) is 0 Å². The van der Waals surface area contributed by atoms with E-state index >= 15 is 0 Å². The Kier molecular flexibility index (Phi) is 5.23. The Morgan fingerprint density at radius 1 is 1.20 bits per heavy atom. The molecule has 132 valence electrons. The second-order valence-electron chi connectivity index (χ2n) is 6.06. The molecule has 2 atom stereocenters. The number of carbonyl (C=O) groups excluding carboxylic acids is 1. The zero-order valence-corrected chi connectivity index (χ0v) is 14.7. The fourth-order valence-corrected chi connectivity index (χ4v) is 2.93. The largest absolute Gasteiger partial charge is 0.461 e. The molecule has 7 nitrogen and oxygen atoms in total. The molecular formula is C18H22N4O3. The molecule has 0 unspecified atom stereocenters. The van der Waals surface area contributed by atoms with E-state index in [9.17, 15) is 4.79 Å². The van der Waals surface area contributed by atoms with Gasteiger partial charge >= 0.3 is 5.97 Å². The molecule has 1 aliphatic rings. The van der Waals surface area contributed by atoms with Gasteiger partial charge in [-0.15, -0.1) is 10.2 Å². The predicted octanol–water partition coefficient (Wildman–Crippen LogP) is 2.33. The van der Waals surface area contributed by atoms with Gasteiger partial charge in [0.25, 0.3) is 0 Å². The molecule has 3 rings (SSSR count). The highest BCUT2D eigenvalue weighted by atomic mass is 16.5. The van der Waals surface area contributed by atoms with Crippen LogP contribution < -0.4 is 4.90 Å². The summed E-state index contributed by atoms with van der Waals surface area (Å²) in [6, 6.07) is 9.58. The third-order valence-corrected chi connectivity index (χ3v) is 3.89. The number of hydrogen-bond donors (Lipinski definition) is 0. The Morgan fingerprint density at radius 3 is 2.52 bits per heavy atom. The number of benzene rings is 1. The summed E-state index contributed by atoms with van der Waals surface area (Å²) in [7, 11) is 0. The highest BCUT2D eigenvalue weighted by Crippen LogP contribution is 2.24. The zero-order chi connectivity index (χ0) is 17.8. The molecule has 7 heteroatoms. The topological polar surface area (TPSA) is 77.4 Å². The molecule has 25 heavy (non-hydrogen) atoms. The van der Waals surface area contributed by atoms with Crippen molar-refractivity contribution in [1.82, 2.24) is 15.2 Å². The van der Waals surface area contributed by atoms with Gasteiger partial charge in [-0.3, -0.25) is 0 Å². The van der Waals surface area contributed by atoms with E-state index in [2.05, 4.69) is 15.2 Å². The van der Waals surface area contributed by atoms with Gasteiger partial charge in [0, 0.05) is 18.7 Å². The molecule has 0 N–H and O–H groups in total. The van der Waals surface area contributed by atoms with Crippen molar-refractivity contribution in [1.29, 1.82) is 0 Å².